The minimum Gasteiger partial charge on any atom is -0.382 e. The lowest BCUT2D eigenvalue weighted by atomic mass is 10.0. The van der Waals surface area contributed by atoms with Gasteiger partial charge in [-0.1, -0.05) is 13.8 Å². The normalized spacial score (nSPS) is 13.5. The number of hydrazine groups is 1. The van der Waals surface area contributed by atoms with E-state index in [4.69, 9.17) is 10.6 Å². The van der Waals surface area contributed by atoms with Crippen LogP contribution in [0.15, 0.2) is 0 Å². The van der Waals surface area contributed by atoms with Gasteiger partial charge in [0.05, 0.1) is 0 Å². The van der Waals surface area contributed by atoms with Crippen LogP contribution in [0.1, 0.15) is 46.5 Å². The average Bonchev–Trinajstić information content (AvgIpc) is 2.16. The third kappa shape index (κ3) is 8.48. The lowest BCUT2D eigenvalue weighted by Crippen LogP contribution is -2.35. The topological polar surface area (TPSA) is 47.3 Å². The van der Waals surface area contributed by atoms with Crippen molar-refractivity contribution in [3.8, 4) is 0 Å². The fraction of sp³-hybridized carbons (Fsp3) is 1.00. The fourth-order valence-corrected chi connectivity index (χ4v) is 1.42. The molecule has 0 aliphatic rings. The van der Waals surface area contributed by atoms with Crippen LogP contribution < -0.4 is 11.3 Å². The Hall–Kier alpha value is -0.120. The second-order valence-corrected chi connectivity index (χ2v) is 4.17. The van der Waals surface area contributed by atoms with E-state index in [1.807, 2.05) is 6.92 Å². The fourth-order valence-electron chi connectivity index (χ4n) is 1.42. The van der Waals surface area contributed by atoms with Crippen molar-refractivity contribution < 1.29 is 4.74 Å². The molecule has 0 fully saturated rings. The number of hydrogen-bond acceptors (Lipinski definition) is 3. The first kappa shape index (κ1) is 13.9. The van der Waals surface area contributed by atoms with Gasteiger partial charge < -0.3 is 4.74 Å². The highest BCUT2D eigenvalue weighted by atomic mass is 16.5. The van der Waals surface area contributed by atoms with Crippen molar-refractivity contribution in [2.24, 2.45) is 11.8 Å². The molecule has 0 saturated carbocycles. The maximum Gasteiger partial charge on any atom is 0.0466 e. The third-order valence-electron chi connectivity index (χ3n) is 2.37. The zero-order valence-electron chi connectivity index (χ0n) is 9.88. The van der Waals surface area contributed by atoms with Crippen molar-refractivity contribution in [3.05, 3.63) is 0 Å². The van der Waals surface area contributed by atoms with Crippen LogP contribution in [0.3, 0.4) is 0 Å². The van der Waals surface area contributed by atoms with Gasteiger partial charge in [0.15, 0.2) is 0 Å². The van der Waals surface area contributed by atoms with E-state index < -0.39 is 0 Å². The van der Waals surface area contributed by atoms with E-state index in [1.54, 1.807) is 0 Å². The van der Waals surface area contributed by atoms with E-state index in [2.05, 4.69) is 19.3 Å². The van der Waals surface area contributed by atoms with E-state index in [9.17, 15) is 0 Å². The molecule has 0 heterocycles. The Labute approximate surface area is 88.4 Å². The van der Waals surface area contributed by atoms with Gasteiger partial charge >= 0.3 is 0 Å². The molecule has 0 aliphatic carbocycles. The van der Waals surface area contributed by atoms with Gasteiger partial charge in [-0.25, -0.2) is 0 Å². The number of rotatable bonds is 9. The molecular weight excluding hydrogens is 176 g/mol. The van der Waals surface area contributed by atoms with Gasteiger partial charge in [-0.2, -0.15) is 0 Å². The molecule has 0 aliphatic heterocycles. The van der Waals surface area contributed by atoms with Gasteiger partial charge in [0.2, 0.25) is 0 Å². The van der Waals surface area contributed by atoms with Crippen molar-refractivity contribution in [2.75, 3.05) is 13.2 Å². The lowest BCUT2D eigenvalue weighted by molar-refractivity contribution is 0.140. The quantitative estimate of drug-likeness (QED) is 0.342. The summed E-state index contributed by atoms with van der Waals surface area (Å²) < 4.78 is 5.29. The molecule has 0 bridgehead atoms. The van der Waals surface area contributed by atoms with E-state index in [1.165, 1.54) is 12.8 Å². The SMILES string of the molecule is CCOCCCC(CCC(C)C)NN. The minimum atomic E-state index is 0.456. The summed E-state index contributed by atoms with van der Waals surface area (Å²) in [6, 6.07) is 0.456. The largest absolute Gasteiger partial charge is 0.382 e. The summed E-state index contributed by atoms with van der Waals surface area (Å²) in [6.07, 6.45) is 4.62. The molecule has 1 atom stereocenters. The first-order chi connectivity index (χ1) is 6.70. The van der Waals surface area contributed by atoms with Crippen LogP contribution in [0.25, 0.3) is 0 Å². The molecule has 1 unspecified atom stereocenters. The second-order valence-electron chi connectivity index (χ2n) is 4.17. The molecule has 0 rings (SSSR count). The van der Waals surface area contributed by atoms with Crippen LogP contribution in [0.4, 0.5) is 0 Å². The Morgan fingerprint density at radius 3 is 2.43 bits per heavy atom. The van der Waals surface area contributed by atoms with Crippen molar-refractivity contribution in [1.82, 2.24) is 5.43 Å². The molecule has 3 heteroatoms. The molecule has 0 aromatic rings. The summed E-state index contributed by atoms with van der Waals surface area (Å²) in [5.41, 5.74) is 2.88. The van der Waals surface area contributed by atoms with Crippen molar-refractivity contribution in [2.45, 2.75) is 52.5 Å². The first-order valence-corrected chi connectivity index (χ1v) is 5.74. The second kappa shape index (κ2) is 9.44. The van der Waals surface area contributed by atoms with Crippen LogP contribution in [-0.4, -0.2) is 19.3 Å². The molecular formula is C11H26N2O. The zero-order valence-corrected chi connectivity index (χ0v) is 9.88. The molecule has 3 nitrogen and oxygen atoms in total. The maximum atomic E-state index is 5.48. The molecule has 0 aromatic heterocycles. The van der Waals surface area contributed by atoms with E-state index >= 15 is 0 Å². The number of ether oxygens (including phenoxy) is 1. The molecule has 0 aromatic carbocycles. The first-order valence-electron chi connectivity index (χ1n) is 5.74. The molecule has 0 saturated heterocycles. The van der Waals surface area contributed by atoms with Crippen LogP contribution in [0.5, 0.6) is 0 Å². The van der Waals surface area contributed by atoms with Crippen LogP contribution in [-0.2, 0) is 4.74 Å². The Bertz CT molecular complexity index is 118. The maximum absolute atomic E-state index is 5.48. The standard InChI is InChI=1S/C11H26N2O/c1-4-14-9-5-6-11(13-12)8-7-10(2)3/h10-11,13H,4-9,12H2,1-3H3. The van der Waals surface area contributed by atoms with E-state index in [0.717, 1.165) is 32.0 Å². The van der Waals surface area contributed by atoms with E-state index in [0.29, 0.717) is 6.04 Å². The van der Waals surface area contributed by atoms with Gasteiger partial charge in [-0.15, -0.1) is 0 Å². The van der Waals surface area contributed by atoms with Crippen LogP contribution in [0.2, 0.25) is 0 Å². The molecule has 0 spiro atoms. The molecule has 3 N–H and O–H groups in total. The van der Waals surface area contributed by atoms with Gasteiger partial charge in [-0.05, 0) is 38.5 Å². The predicted octanol–water partition coefficient (Wildman–Crippen LogP) is 2.07. The Morgan fingerprint density at radius 1 is 1.21 bits per heavy atom. The predicted molar refractivity (Wildman–Crippen MR) is 60.9 cm³/mol. The highest BCUT2D eigenvalue weighted by Gasteiger charge is 2.06. The average molecular weight is 202 g/mol. The summed E-state index contributed by atoms with van der Waals surface area (Å²) >= 11 is 0. The van der Waals surface area contributed by atoms with Crippen LogP contribution >= 0.6 is 0 Å². The van der Waals surface area contributed by atoms with Gasteiger partial charge in [0.1, 0.15) is 0 Å². The van der Waals surface area contributed by atoms with E-state index in [-0.39, 0.29) is 0 Å². The Morgan fingerprint density at radius 2 is 1.93 bits per heavy atom. The third-order valence-corrected chi connectivity index (χ3v) is 2.37. The minimum absolute atomic E-state index is 0.456. The summed E-state index contributed by atoms with van der Waals surface area (Å²) in [7, 11) is 0. The number of nitrogens with one attached hydrogen (secondary N) is 1. The number of nitrogens with two attached hydrogens (primary N) is 1. The highest BCUT2D eigenvalue weighted by molar-refractivity contribution is 4.64. The van der Waals surface area contributed by atoms with Crippen molar-refractivity contribution >= 4 is 0 Å². The summed E-state index contributed by atoms with van der Waals surface area (Å²) in [5.74, 6) is 6.24. The van der Waals surface area contributed by atoms with Gasteiger partial charge in [0, 0.05) is 19.3 Å². The highest BCUT2D eigenvalue weighted by Crippen LogP contribution is 2.10. The molecule has 0 amide bonds. The lowest BCUT2D eigenvalue weighted by Gasteiger charge is -2.16. The van der Waals surface area contributed by atoms with Crippen molar-refractivity contribution in [3.63, 3.8) is 0 Å². The number of hydrogen-bond donors (Lipinski definition) is 2. The Kier molecular flexibility index (Phi) is 9.35. The summed E-state index contributed by atoms with van der Waals surface area (Å²) in [4.78, 5) is 0. The Balaban J connectivity index is 3.38. The molecule has 86 valence electrons. The molecule has 0 radical (unpaired) electrons. The van der Waals surface area contributed by atoms with Gasteiger partial charge in [0.25, 0.3) is 0 Å². The van der Waals surface area contributed by atoms with Crippen LogP contribution in [0, 0.1) is 5.92 Å². The summed E-state index contributed by atoms with van der Waals surface area (Å²) in [5, 5.41) is 0. The van der Waals surface area contributed by atoms with Gasteiger partial charge in [-0.3, -0.25) is 11.3 Å². The van der Waals surface area contributed by atoms with Crippen molar-refractivity contribution in [1.29, 1.82) is 0 Å². The smallest absolute Gasteiger partial charge is 0.0466 e. The summed E-state index contributed by atoms with van der Waals surface area (Å²) in [6.45, 7) is 8.18. The zero-order chi connectivity index (χ0) is 10.8. The monoisotopic (exact) mass is 202 g/mol. The molecule has 14 heavy (non-hydrogen) atoms.